The largest absolute Gasteiger partial charge is 0.496 e. The van der Waals surface area contributed by atoms with E-state index in [2.05, 4.69) is 20.4 Å². The van der Waals surface area contributed by atoms with E-state index < -0.39 is 0 Å². The number of rotatable bonds is 4. The summed E-state index contributed by atoms with van der Waals surface area (Å²) >= 11 is 0. The van der Waals surface area contributed by atoms with E-state index in [4.69, 9.17) is 4.74 Å². The van der Waals surface area contributed by atoms with E-state index in [-0.39, 0.29) is 12.5 Å². The minimum absolute atomic E-state index is 0.0218. The van der Waals surface area contributed by atoms with Crippen molar-refractivity contribution >= 4 is 17.6 Å². The summed E-state index contributed by atoms with van der Waals surface area (Å²) in [5.41, 5.74) is 3.72. The van der Waals surface area contributed by atoms with Gasteiger partial charge in [0.05, 0.1) is 31.2 Å². The number of aliphatic imine (C=N–C) groups is 1. The lowest BCUT2D eigenvalue weighted by atomic mass is 10.1. The van der Waals surface area contributed by atoms with Gasteiger partial charge in [-0.15, -0.1) is 0 Å². The van der Waals surface area contributed by atoms with Crippen molar-refractivity contribution < 1.29 is 9.53 Å². The van der Waals surface area contributed by atoms with Crippen molar-refractivity contribution in [3.05, 3.63) is 35.4 Å². The minimum Gasteiger partial charge on any atom is -0.496 e. The molecule has 0 bridgehead atoms. The van der Waals surface area contributed by atoms with Crippen LogP contribution in [-0.4, -0.2) is 65.3 Å². The molecule has 3 heterocycles. The normalized spacial score (nSPS) is 15.2. The molecular formula is C19H27N7O2. The first kappa shape index (κ1) is 19.7. The van der Waals surface area contributed by atoms with Crippen molar-refractivity contribution in [2.45, 2.75) is 20.4 Å². The van der Waals surface area contributed by atoms with E-state index in [1.165, 1.54) is 0 Å². The van der Waals surface area contributed by atoms with Gasteiger partial charge in [0, 0.05) is 50.7 Å². The van der Waals surface area contributed by atoms with Crippen LogP contribution in [0.1, 0.15) is 16.8 Å². The van der Waals surface area contributed by atoms with E-state index in [0.29, 0.717) is 25.6 Å². The van der Waals surface area contributed by atoms with Crippen molar-refractivity contribution in [3.8, 4) is 5.75 Å². The fraction of sp³-hybridized carbons (Fsp3) is 0.474. The lowest BCUT2D eigenvalue weighted by Gasteiger charge is -2.35. The quantitative estimate of drug-likeness (QED) is 0.621. The van der Waals surface area contributed by atoms with E-state index in [0.717, 1.165) is 28.3 Å². The topological polar surface area (TPSA) is 87.9 Å². The lowest BCUT2D eigenvalue weighted by molar-refractivity contribution is -0.120. The molecule has 0 atom stereocenters. The first-order chi connectivity index (χ1) is 13.4. The van der Waals surface area contributed by atoms with Crippen LogP contribution in [-0.2, 0) is 18.4 Å². The molecule has 0 aromatic carbocycles. The van der Waals surface area contributed by atoms with Crippen molar-refractivity contribution in [1.29, 1.82) is 0 Å². The number of pyridine rings is 1. The van der Waals surface area contributed by atoms with Gasteiger partial charge in [-0.25, -0.2) is 0 Å². The summed E-state index contributed by atoms with van der Waals surface area (Å²) < 4.78 is 7.17. The molecule has 1 amide bonds. The Morgan fingerprint density at radius 2 is 2.11 bits per heavy atom. The molecule has 1 N–H and O–H groups in total. The first-order valence-electron chi connectivity index (χ1n) is 9.18. The van der Waals surface area contributed by atoms with Crippen molar-refractivity contribution in [1.82, 2.24) is 25.0 Å². The summed E-state index contributed by atoms with van der Waals surface area (Å²) in [5.74, 6) is 1.55. The van der Waals surface area contributed by atoms with Crippen LogP contribution >= 0.6 is 0 Å². The van der Waals surface area contributed by atoms with Crippen LogP contribution in [0.2, 0.25) is 0 Å². The van der Waals surface area contributed by atoms with Crippen molar-refractivity contribution in [3.63, 3.8) is 0 Å². The standard InChI is InChI=1S/C19H27N7O2/c1-13-8-21-16(14(2)18(13)28-5)10-22-19(20-3)25-6-7-26(17(27)12-25)15-9-23-24(4)11-15/h8-9,11H,6-7,10,12H2,1-5H3,(H,20,22). The molecular weight excluding hydrogens is 358 g/mol. The Morgan fingerprint density at radius 1 is 1.32 bits per heavy atom. The molecule has 3 rings (SSSR count). The van der Waals surface area contributed by atoms with Gasteiger partial charge >= 0.3 is 0 Å². The number of hydrogen-bond donors (Lipinski definition) is 1. The highest BCUT2D eigenvalue weighted by Gasteiger charge is 2.27. The van der Waals surface area contributed by atoms with Crippen LogP contribution in [0.5, 0.6) is 5.75 Å². The number of carbonyl (C=O) groups excluding carboxylic acids is 1. The molecule has 0 saturated carbocycles. The Bertz CT molecular complexity index is 890. The molecule has 28 heavy (non-hydrogen) atoms. The first-order valence-corrected chi connectivity index (χ1v) is 9.18. The van der Waals surface area contributed by atoms with Crippen LogP contribution in [0.25, 0.3) is 0 Å². The summed E-state index contributed by atoms with van der Waals surface area (Å²) in [6.07, 6.45) is 5.36. The maximum absolute atomic E-state index is 12.6. The number of ether oxygens (including phenoxy) is 1. The summed E-state index contributed by atoms with van der Waals surface area (Å²) in [6.45, 7) is 6.01. The van der Waals surface area contributed by atoms with Gasteiger partial charge in [-0.1, -0.05) is 0 Å². The van der Waals surface area contributed by atoms with Gasteiger partial charge < -0.3 is 19.9 Å². The third-order valence-corrected chi connectivity index (χ3v) is 4.90. The molecule has 150 valence electrons. The zero-order chi connectivity index (χ0) is 20.3. The number of aromatic nitrogens is 3. The molecule has 0 aliphatic carbocycles. The maximum atomic E-state index is 12.6. The van der Waals surface area contributed by atoms with Gasteiger partial charge in [0.15, 0.2) is 5.96 Å². The molecule has 9 nitrogen and oxygen atoms in total. The molecule has 2 aromatic heterocycles. The predicted octanol–water partition coefficient (Wildman–Crippen LogP) is 0.865. The Morgan fingerprint density at radius 3 is 2.71 bits per heavy atom. The second-order valence-corrected chi connectivity index (χ2v) is 6.79. The molecule has 0 radical (unpaired) electrons. The molecule has 0 spiro atoms. The van der Waals surface area contributed by atoms with E-state index in [1.54, 1.807) is 29.9 Å². The number of aryl methyl sites for hydroxylation is 2. The zero-order valence-electron chi connectivity index (χ0n) is 17.1. The lowest BCUT2D eigenvalue weighted by Crippen LogP contribution is -2.55. The van der Waals surface area contributed by atoms with E-state index in [9.17, 15) is 4.79 Å². The third-order valence-electron chi connectivity index (χ3n) is 4.90. The van der Waals surface area contributed by atoms with Gasteiger partial charge in [0.25, 0.3) is 0 Å². The Labute approximate surface area is 165 Å². The van der Waals surface area contributed by atoms with Gasteiger partial charge in [-0.3, -0.25) is 19.5 Å². The van der Waals surface area contributed by atoms with Crippen LogP contribution < -0.4 is 15.0 Å². The van der Waals surface area contributed by atoms with E-state index in [1.807, 2.05) is 38.2 Å². The molecule has 2 aromatic rings. The van der Waals surface area contributed by atoms with E-state index >= 15 is 0 Å². The molecule has 9 heteroatoms. The smallest absolute Gasteiger partial charge is 0.246 e. The molecule has 0 unspecified atom stereocenters. The highest BCUT2D eigenvalue weighted by molar-refractivity contribution is 5.98. The summed E-state index contributed by atoms with van der Waals surface area (Å²) in [6, 6.07) is 0. The fourth-order valence-electron chi connectivity index (χ4n) is 3.42. The average Bonchev–Trinajstić information content (AvgIpc) is 3.10. The Hall–Kier alpha value is -3.10. The third kappa shape index (κ3) is 3.92. The number of methoxy groups -OCH3 is 1. The van der Waals surface area contributed by atoms with Crippen LogP contribution in [0, 0.1) is 13.8 Å². The number of nitrogens with zero attached hydrogens (tertiary/aromatic N) is 6. The minimum atomic E-state index is 0.0218. The zero-order valence-corrected chi connectivity index (χ0v) is 17.1. The second kappa shape index (κ2) is 8.28. The number of amides is 1. The maximum Gasteiger partial charge on any atom is 0.246 e. The molecule has 1 saturated heterocycles. The predicted molar refractivity (Wildman–Crippen MR) is 108 cm³/mol. The Balaban J connectivity index is 1.65. The van der Waals surface area contributed by atoms with Crippen LogP contribution in [0.3, 0.4) is 0 Å². The summed E-state index contributed by atoms with van der Waals surface area (Å²) in [4.78, 5) is 25.2. The highest BCUT2D eigenvalue weighted by atomic mass is 16.5. The number of piperazine rings is 1. The number of hydrogen-bond acceptors (Lipinski definition) is 5. The van der Waals surface area contributed by atoms with Crippen molar-refractivity contribution in [2.75, 3.05) is 38.7 Å². The van der Waals surface area contributed by atoms with Gasteiger partial charge in [0.2, 0.25) is 5.91 Å². The fourth-order valence-corrected chi connectivity index (χ4v) is 3.42. The molecule has 1 aliphatic rings. The molecule has 1 fully saturated rings. The Kier molecular flexibility index (Phi) is 5.81. The summed E-state index contributed by atoms with van der Waals surface area (Å²) in [7, 11) is 5.22. The van der Waals surface area contributed by atoms with Gasteiger partial charge in [0.1, 0.15) is 12.3 Å². The number of carbonyl (C=O) groups is 1. The SMILES string of the molecule is CN=C(NCc1ncc(C)c(OC)c1C)N1CCN(c2cnn(C)c2)C(=O)C1. The summed E-state index contributed by atoms with van der Waals surface area (Å²) in [5, 5.41) is 7.46. The van der Waals surface area contributed by atoms with Crippen LogP contribution in [0.15, 0.2) is 23.6 Å². The van der Waals surface area contributed by atoms with Gasteiger partial charge in [-0.05, 0) is 13.8 Å². The van der Waals surface area contributed by atoms with Crippen LogP contribution in [0.4, 0.5) is 5.69 Å². The van der Waals surface area contributed by atoms with Gasteiger partial charge in [-0.2, -0.15) is 5.10 Å². The number of guanidine groups is 1. The highest BCUT2D eigenvalue weighted by Crippen LogP contribution is 2.24. The number of anilines is 1. The van der Waals surface area contributed by atoms with Crippen molar-refractivity contribution in [2.24, 2.45) is 12.0 Å². The average molecular weight is 385 g/mol. The number of nitrogens with one attached hydrogen (secondary N) is 1. The monoisotopic (exact) mass is 385 g/mol. The second-order valence-electron chi connectivity index (χ2n) is 6.79. The molecule has 1 aliphatic heterocycles.